The molecule has 0 unspecified atom stereocenters. The number of piperazine rings is 1. The Morgan fingerprint density at radius 1 is 0.968 bits per heavy atom. The van der Waals surface area contributed by atoms with E-state index in [9.17, 15) is 4.79 Å². The van der Waals surface area contributed by atoms with Gasteiger partial charge in [0.25, 0.3) is 0 Å². The number of anilines is 4. The van der Waals surface area contributed by atoms with Crippen molar-refractivity contribution in [2.24, 2.45) is 5.73 Å². The van der Waals surface area contributed by atoms with E-state index < -0.39 is 5.91 Å². The largest absolute Gasteiger partial charge is 0.368 e. The minimum absolute atomic E-state index is 0.436. The van der Waals surface area contributed by atoms with E-state index in [1.54, 1.807) is 12.1 Å². The number of hydrogen-bond donors (Lipinski definition) is 2. The molecule has 0 radical (unpaired) electrons. The van der Waals surface area contributed by atoms with E-state index >= 15 is 0 Å². The topological polar surface area (TPSA) is 100 Å². The van der Waals surface area contributed by atoms with Crippen molar-refractivity contribution in [2.45, 2.75) is 20.8 Å². The molecule has 0 atom stereocenters. The zero-order chi connectivity index (χ0) is 22.0. The third-order valence-corrected chi connectivity index (χ3v) is 5.82. The molecule has 0 aliphatic carbocycles. The first-order chi connectivity index (χ1) is 14.9. The summed E-state index contributed by atoms with van der Waals surface area (Å²) in [7, 11) is 0. The lowest BCUT2D eigenvalue weighted by Gasteiger charge is -2.36. The number of nitrogens with one attached hydrogen (secondary N) is 1. The third-order valence-electron chi connectivity index (χ3n) is 5.82. The number of nitrogens with two attached hydrogens (primary N) is 1. The van der Waals surface area contributed by atoms with Gasteiger partial charge >= 0.3 is 0 Å². The van der Waals surface area contributed by atoms with E-state index in [2.05, 4.69) is 62.1 Å². The molecule has 31 heavy (non-hydrogen) atoms. The number of primary amides is 1. The lowest BCUT2D eigenvalue weighted by Crippen LogP contribution is -2.47. The van der Waals surface area contributed by atoms with Gasteiger partial charge in [0.2, 0.25) is 17.8 Å². The Kier molecular flexibility index (Phi) is 5.70. The number of carbonyl (C=O) groups is 1. The van der Waals surface area contributed by atoms with Crippen LogP contribution < -0.4 is 20.9 Å². The molecule has 1 aliphatic heterocycles. The van der Waals surface area contributed by atoms with Crippen LogP contribution in [0.25, 0.3) is 0 Å². The lowest BCUT2D eigenvalue weighted by atomic mass is 10.1. The summed E-state index contributed by atoms with van der Waals surface area (Å²) in [5.41, 5.74) is 11.3. The van der Waals surface area contributed by atoms with Crippen molar-refractivity contribution in [1.29, 1.82) is 0 Å². The SMILES string of the molecule is Cc1ccc(N2CCN(c3ncnc(Nc4cccc(C(N)=O)c4C)n3)CC2)cc1C. The van der Waals surface area contributed by atoms with Crippen molar-refractivity contribution in [2.75, 3.05) is 41.3 Å². The van der Waals surface area contributed by atoms with Crippen LogP contribution in [0.4, 0.5) is 23.3 Å². The van der Waals surface area contributed by atoms with Gasteiger partial charge in [-0.15, -0.1) is 0 Å². The van der Waals surface area contributed by atoms with Crippen LogP contribution in [0.3, 0.4) is 0 Å². The maximum Gasteiger partial charge on any atom is 0.249 e. The number of carbonyl (C=O) groups excluding carboxylic acids is 1. The highest BCUT2D eigenvalue weighted by atomic mass is 16.1. The van der Waals surface area contributed by atoms with Gasteiger partial charge in [0.1, 0.15) is 6.33 Å². The van der Waals surface area contributed by atoms with Gasteiger partial charge in [-0.2, -0.15) is 4.98 Å². The predicted octanol–water partition coefficient (Wildman–Crippen LogP) is 2.97. The van der Waals surface area contributed by atoms with Gasteiger partial charge in [0, 0.05) is 43.1 Å². The molecule has 8 heteroatoms. The average molecular weight is 418 g/mol. The predicted molar refractivity (Wildman–Crippen MR) is 123 cm³/mol. The van der Waals surface area contributed by atoms with Crippen molar-refractivity contribution in [3.8, 4) is 0 Å². The molecule has 1 aromatic heterocycles. The quantitative estimate of drug-likeness (QED) is 0.658. The summed E-state index contributed by atoms with van der Waals surface area (Å²) < 4.78 is 0. The number of aromatic nitrogens is 3. The minimum atomic E-state index is -0.459. The number of aryl methyl sites for hydroxylation is 2. The summed E-state index contributed by atoms with van der Waals surface area (Å²) in [4.78, 5) is 29.3. The van der Waals surface area contributed by atoms with Crippen LogP contribution in [-0.2, 0) is 0 Å². The molecule has 160 valence electrons. The molecular weight excluding hydrogens is 390 g/mol. The standard InChI is InChI=1S/C23H27N7O/c1-15-7-8-18(13-16(15)2)29-9-11-30(12-10-29)23-26-14-25-22(28-23)27-20-6-4-5-19(17(20)3)21(24)31/h4-8,13-14H,9-12H2,1-3H3,(H2,24,31)(H,25,26,27,28). The van der Waals surface area contributed by atoms with E-state index in [1.807, 2.05) is 13.0 Å². The number of nitrogens with zero attached hydrogens (tertiary/aromatic N) is 5. The van der Waals surface area contributed by atoms with Gasteiger partial charge in [0.05, 0.1) is 0 Å². The molecule has 3 N–H and O–H groups in total. The molecule has 8 nitrogen and oxygen atoms in total. The second kappa shape index (κ2) is 8.59. The first-order valence-electron chi connectivity index (χ1n) is 10.3. The maximum atomic E-state index is 11.6. The van der Waals surface area contributed by atoms with Gasteiger partial charge in [0.15, 0.2) is 0 Å². The lowest BCUT2D eigenvalue weighted by molar-refractivity contribution is 0.0999. The maximum absolute atomic E-state index is 11.6. The molecule has 0 saturated carbocycles. The van der Waals surface area contributed by atoms with Gasteiger partial charge < -0.3 is 20.9 Å². The molecule has 1 aliphatic rings. The fraction of sp³-hybridized carbons (Fsp3) is 0.304. The van der Waals surface area contributed by atoms with Gasteiger partial charge in [-0.1, -0.05) is 12.1 Å². The molecule has 4 rings (SSSR count). The van der Waals surface area contributed by atoms with E-state index in [0.29, 0.717) is 17.5 Å². The van der Waals surface area contributed by atoms with Gasteiger partial charge in [-0.05, 0) is 61.7 Å². The summed E-state index contributed by atoms with van der Waals surface area (Å²) in [5, 5.41) is 3.19. The molecule has 2 aromatic carbocycles. The van der Waals surface area contributed by atoms with Crippen LogP contribution >= 0.6 is 0 Å². The minimum Gasteiger partial charge on any atom is -0.368 e. The third kappa shape index (κ3) is 4.42. The second-order valence-corrected chi connectivity index (χ2v) is 7.82. The zero-order valence-corrected chi connectivity index (χ0v) is 18.1. The van der Waals surface area contributed by atoms with Crippen molar-refractivity contribution in [3.63, 3.8) is 0 Å². The number of benzene rings is 2. The smallest absolute Gasteiger partial charge is 0.249 e. The van der Waals surface area contributed by atoms with Gasteiger partial charge in [-0.25, -0.2) is 9.97 Å². The van der Waals surface area contributed by atoms with Crippen LogP contribution in [0.5, 0.6) is 0 Å². The molecule has 1 saturated heterocycles. The first-order valence-corrected chi connectivity index (χ1v) is 10.3. The van der Waals surface area contributed by atoms with E-state index in [-0.39, 0.29) is 0 Å². The molecule has 2 heterocycles. The summed E-state index contributed by atoms with van der Waals surface area (Å²) in [6.45, 7) is 9.58. The monoisotopic (exact) mass is 417 g/mol. The van der Waals surface area contributed by atoms with Crippen molar-refractivity contribution >= 4 is 29.2 Å². The molecule has 3 aromatic rings. The normalized spacial score (nSPS) is 13.9. The van der Waals surface area contributed by atoms with Crippen LogP contribution in [0.1, 0.15) is 27.0 Å². The van der Waals surface area contributed by atoms with Crippen LogP contribution in [0, 0.1) is 20.8 Å². The Morgan fingerprint density at radius 3 is 2.42 bits per heavy atom. The first kappa shape index (κ1) is 20.6. The Bertz CT molecular complexity index is 1110. The zero-order valence-electron chi connectivity index (χ0n) is 18.1. The van der Waals surface area contributed by atoms with E-state index in [1.165, 1.54) is 23.1 Å². The highest BCUT2D eigenvalue weighted by Crippen LogP contribution is 2.24. The summed E-state index contributed by atoms with van der Waals surface area (Å²) >= 11 is 0. The van der Waals surface area contributed by atoms with Crippen LogP contribution in [-0.4, -0.2) is 47.0 Å². The molecule has 1 amide bonds. The molecular formula is C23H27N7O. The molecule has 0 spiro atoms. The fourth-order valence-corrected chi connectivity index (χ4v) is 3.75. The summed E-state index contributed by atoms with van der Waals surface area (Å²) in [6, 6.07) is 12.0. The highest BCUT2D eigenvalue weighted by molar-refractivity contribution is 5.95. The van der Waals surface area contributed by atoms with Crippen LogP contribution in [0.15, 0.2) is 42.7 Å². The second-order valence-electron chi connectivity index (χ2n) is 7.82. The average Bonchev–Trinajstić information content (AvgIpc) is 2.77. The highest BCUT2D eigenvalue weighted by Gasteiger charge is 2.20. The van der Waals surface area contributed by atoms with Crippen molar-refractivity contribution in [1.82, 2.24) is 15.0 Å². The molecule has 0 bridgehead atoms. The molecule has 1 fully saturated rings. The van der Waals surface area contributed by atoms with Gasteiger partial charge in [-0.3, -0.25) is 4.79 Å². The van der Waals surface area contributed by atoms with Crippen molar-refractivity contribution in [3.05, 3.63) is 65.0 Å². The Hall–Kier alpha value is -3.68. The number of hydrogen-bond acceptors (Lipinski definition) is 7. The van der Waals surface area contributed by atoms with E-state index in [0.717, 1.165) is 37.4 Å². The Morgan fingerprint density at radius 2 is 1.71 bits per heavy atom. The summed E-state index contributed by atoms with van der Waals surface area (Å²) in [6.07, 6.45) is 1.51. The fourth-order valence-electron chi connectivity index (χ4n) is 3.75. The number of amides is 1. The Balaban J connectivity index is 1.45. The van der Waals surface area contributed by atoms with Crippen molar-refractivity contribution < 1.29 is 4.79 Å². The number of rotatable bonds is 5. The van der Waals surface area contributed by atoms with Crippen LogP contribution in [0.2, 0.25) is 0 Å². The van der Waals surface area contributed by atoms with E-state index in [4.69, 9.17) is 5.73 Å². The summed E-state index contributed by atoms with van der Waals surface area (Å²) in [5.74, 6) is 0.617. The Labute approximate surface area is 182 Å².